The summed E-state index contributed by atoms with van der Waals surface area (Å²) >= 11 is 0. The van der Waals surface area contributed by atoms with Crippen LogP contribution in [0.1, 0.15) is 60.8 Å². The average molecular weight is 399 g/mol. The smallest absolute Gasteiger partial charge is 0.410 e. The summed E-state index contributed by atoms with van der Waals surface area (Å²) in [6.07, 6.45) is 1.86. The van der Waals surface area contributed by atoms with Crippen molar-refractivity contribution in [2.45, 2.75) is 96.7 Å². The number of hydrogen-bond acceptors (Lipinski definition) is 4. The van der Waals surface area contributed by atoms with Crippen LogP contribution in [0.25, 0.3) is 0 Å². The molecule has 2 aliphatic heterocycles. The zero-order chi connectivity index (χ0) is 20.6. The minimum atomic E-state index is -1.93. The molecule has 2 fully saturated rings. The minimum Gasteiger partial charge on any atom is -0.444 e. The van der Waals surface area contributed by atoms with Gasteiger partial charge < -0.3 is 19.4 Å². The Morgan fingerprint density at radius 3 is 2.33 bits per heavy atom. The second-order valence-electron chi connectivity index (χ2n) is 10.5. The zero-order valence-corrected chi connectivity index (χ0v) is 19.3. The highest BCUT2D eigenvalue weighted by Gasteiger charge is 2.46. The Labute approximate surface area is 165 Å². The molecule has 156 valence electrons. The molecule has 0 saturated carbocycles. The van der Waals surface area contributed by atoms with Crippen molar-refractivity contribution in [1.82, 2.24) is 10.2 Å². The van der Waals surface area contributed by atoms with Crippen LogP contribution in [-0.2, 0) is 14.0 Å². The van der Waals surface area contributed by atoms with E-state index in [1.807, 2.05) is 25.7 Å². The highest BCUT2D eigenvalue weighted by molar-refractivity contribution is 6.74. The van der Waals surface area contributed by atoms with Crippen LogP contribution in [0, 0.1) is 5.92 Å². The lowest BCUT2D eigenvalue weighted by molar-refractivity contribution is -0.124. The summed E-state index contributed by atoms with van der Waals surface area (Å²) in [5.41, 5.74) is -0.538. The number of nitrogens with zero attached hydrogens (tertiary/aromatic N) is 1. The van der Waals surface area contributed by atoms with Crippen LogP contribution in [0.5, 0.6) is 0 Å². The van der Waals surface area contributed by atoms with E-state index in [2.05, 4.69) is 39.2 Å². The van der Waals surface area contributed by atoms with Crippen molar-refractivity contribution in [2.75, 3.05) is 13.1 Å². The summed E-state index contributed by atoms with van der Waals surface area (Å²) in [4.78, 5) is 26.6. The summed E-state index contributed by atoms with van der Waals surface area (Å²) in [5, 5.41) is 3.01. The Hall–Kier alpha value is -1.08. The first-order valence-electron chi connectivity index (χ1n) is 10.1. The summed E-state index contributed by atoms with van der Waals surface area (Å²) < 4.78 is 12.3. The fourth-order valence-electron chi connectivity index (χ4n) is 3.62. The second-order valence-corrected chi connectivity index (χ2v) is 15.3. The van der Waals surface area contributed by atoms with E-state index in [-0.39, 0.29) is 35.1 Å². The van der Waals surface area contributed by atoms with Crippen LogP contribution in [-0.4, -0.2) is 56.1 Å². The van der Waals surface area contributed by atoms with Crippen LogP contribution < -0.4 is 5.32 Å². The van der Waals surface area contributed by atoms with E-state index < -0.39 is 13.9 Å². The van der Waals surface area contributed by atoms with Crippen molar-refractivity contribution in [3.8, 4) is 0 Å². The molecule has 27 heavy (non-hydrogen) atoms. The molecule has 2 saturated heterocycles. The Balaban J connectivity index is 2.17. The van der Waals surface area contributed by atoms with Gasteiger partial charge in [-0.3, -0.25) is 4.79 Å². The van der Waals surface area contributed by atoms with Crippen LogP contribution in [0.2, 0.25) is 18.1 Å². The molecule has 0 radical (unpaired) electrons. The normalized spacial score (nSPS) is 27.5. The standard InChI is InChI=1S/C20H38N2O4Si/c1-19(2,3)25-18(24)22-13-15(26-27(7,8)20(4,5)6)12-16(22)14-9-10-21-17(23)11-14/h14-16H,9-13H2,1-8H3,(H,21,23)/t14?,15-,16?/m1/s1. The van der Waals surface area contributed by atoms with Crippen molar-refractivity contribution >= 4 is 20.3 Å². The van der Waals surface area contributed by atoms with E-state index in [0.29, 0.717) is 19.5 Å². The molecule has 1 N–H and O–H groups in total. The van der Waals surface area contributed by atoms with Crippen molar-refractivity contribution in [3.05, 3.63) is 0 Å². The van der Waals surface area contributed by atoms with Crippen molar-refractivity contribution in [3.63, 3.8) is 0 Å². The number of nitrogens with one attached hydrogen (secondary N) is 1. The van der Waals surface area contributed by atoms with E-state index in [1.54, 1.807) is 0 Å². The number of carbonyl (C=O) groups is 2. The number of carbonyl (C=O) groups excluding carboxylic acids is 2. The molecule has 0 aromatic heterocycles. The maximum Gasteiger partial charge on any atom is 0.410 e. The number of amides is 2. The molecule has 2 rings (SSSR count). The first-order valence-corrected chi connectivity index (χ1v) is 13.0. The van der Waals surface area contributed by atoms with E-state index in [4.69, 9.17) is 9.16 Å². The Bertz CT molecular complexity index is 565. The van der Waals surface area contributed by atoms with Gasteiger partial charge in [-0.1, -0.05) is 20.8 Å². The molecule has 3 atom stereocenters. The molecule has 0 aromatic rings. The fourth-order valence-corrected chi connectivity index (χ4v) is 4.98. The molecule has 7 heteroatoms. The van der Waals surface area contributed by atoms with Gasteiger partial charge in [0, 0.05) is 25.6 Å². The Morgan fingerprint density at radius 2 is 1.81 bits per heavy atom. The van der Waals surface area contributed by atoms with Crippen LogP contribution in [0.15, 0.2) is 0 Å². The topological polar surface area (TPSA) is 67.9 Å². The Morgan fingerprint density at radius 1 is 1.19 bits per heavy atom. The summed E-state index contributed by atoms with van der Waals surface area (Å²) in [6.45, 7) is 18.0. The third kappa shape index (κ3) is 5.70. The molecule has 0 spiro atoms. The van der Waals surface area contributed by atoms with Crippen molar-refractivity contribution in [1.29, 1.82) is 0 Å². The lowest BCUT2D eigenvalue weighted by Gasteiger charge is -2.38. The van der Waals surface area contributed by atoms with Crippen molar-refractivity contribution < 1.29 is 18.8 Å². The lowest BCUT2D eigenvalue weighted by atomic mass is 9.88. The molecule has 2 aliphatic rings. The molecule has 0 bridgehead atoms. The number of piperidine rings is 1. The predicted molar refractivity (Wildman–Crippen MR) is 109 cm³/mol. The van der Waals surface area contributed by atoms with Gasteiger partial charge in [-0.25, -0.2) is 4.79 Å². The largest absolute Gasteiger partial charge is 0.444 e. The van der Waals surface area contributed by atoms with Gasteiger partial charge in [-0.2, -0.15) is 0 Å². The first-order chi connectivity index (χ1) is 12.2. The molecule has 2 heterocycles. The van der Waals surface area contributed by atoms with Crippen LogP contribution in [0.4, 0.5) is 4.79 Å². The molecule has 0 aromatic carbocycles. The van der Waals surface area contributed by atoms with E-state index >= 15 is 0 Å². The van der Waals surface area contributed by atoms with E-state index in [0.717, 1.165) is 12.8 Å². The van der Waals surface area contributed by atoms with Gasteiger partial charge in [-0.15, -0.1) is 0 Å². The van der Waals surface area contributed by atoms with Gasteiger partial charge in [0.15, 0.2) is 8.32 Å². The van der Waals surface area contributed by atoms with Gasteiger partial charge >= 0.3 is 6.09 Å². The summed E-state index contributed by atoms with van der Waals surface area (Å²) in [5.74, 6) is 0.239. The van der Waals surface area contributed by atoms with E-state index in [9.17, 15) is 9.59 Å². The number of likely N-dealkylation sites (tertiary alicyclic amines) is 1. The van der Waals surface area contributed by atoms with Gasteiger partial charge in [0.2, 0.25) is 5.91 Å². The molecule has 2 amide bonds. The molecule has 0 aliphatic carbocycles. The van der Waals surface area contributed by atoms with Crippen LogP contribution >= 0.6 is 0 Å². The molecule has 6 nitrogen and oxygen atoms in total. The minimum absolute atomic E-state index is 0.000619. The fraction of sp³-hybridized carbons (Fsp3) is 0.900. The maximum atomic E-state index is 12.9. The Kier molecular flexibility index (Phi) is 6.37. The highest BCUT2D eigenvalue weighted by Crippen LogP contribution is 2.40. The highest BCUT2D eigenvalue weighted by atomic mass is 28.4. The van der Waals surface area contributed by atoms with E-state index in [1.165, 1.54) is 0 Å². The number of ether oxygens (including phenoxy) is 1. The summed E-state index contributed by atoms with van der Waals surface area (Å²) in [7, 11) is -1.93. The maximum absolute atomic E-state index is 12.9. The first kappa shape index (κ1) is 22.2. The second kappa shape index (κ2) is 7.74. The molecule has 2 unspecified atom stereocenters. The number of hydrogen-bond donors (Lipinski definition) is 1. The number of rotatable bonds is 3. The van der Waals surface area contributed by atoms with Gasteiger partial charge in [0.05, 0.1) is 6.10 Å². The van der Waals surface area contributed by atoms with Crippen molar-refractivity contribution in [2.24, 2.45) is 5.92 Å². The molecular weight excluding hydrogens is 360 g/mol. The SMILES string of the molecule is CC(C)(C)OC(=O)N1C[C@H](O[Si](C)(C)C(C)(C)C)CC1C1CCNC(=O)C1. The average Bonchev–Trinajstić information content (AvgIpc) is 2.87. The van der Waals surface area contributed by atoms with Gasteiger partial charge in [-0.05, 0) is 57.7 Å². The quantitative estimate of drug-likeness (QED) is 0.732. The lowest BCUT2D eigenvalue weighted by Crippen LogP contribution is -2.47. The monoisotopic (exact) mass is 398 g/mol. The molecular formula is C20H38N2O4Si. The van der Waals surface area contributed by atoms with Crippen LogP contribution in [0.3, 0.4) is 0 Å². The predicted octanol–water partition coefficient (Wildman–Crippen LogP) is 3.91. The van der Waals surface area contributed by atoms with Gasteiger partial charge in [0.25, 0.3) is 0 Å². The third-order valence-corrected chi connectivity index (χ3v) is 10.6. The third-order valence-electron chi connectivity index (χ3n) is 6.03. The zero-order valence-electron chi connectivity index (χ0n) is 18.3. The summed E-state index contributed by atoms with van der Waals surface area (Å²) in [6, 6.07) is 0.000619. The van der Waals surface area contributed by atoms with Gasteiger partial charge in [0.1, 0.15) is 5.60 Å².